The summed E-state index contributed by atoms with van der Waals surface area (Å²) in [5.74, 6) is -1.04. The molecule has 0 rings (SSSR count). The molecule has 1 N–H and O–H groups in total. The smallest absolute Gasteiger partial charge is 0.450 e. The maximum atomic E-state index is 9.87. The van der Waals surface area contributed by atoms with Crippen LogP contribution in [-0.4, -0.2) is 24.2 Å². The monoisotopic (exact) mass is 134 g/mol. The van der Waals surface area contributed by atoms with Gasteiger partial charge in [-0.05, 0) is 0 Å². The average Bonchev–Trinajstić information content (AvgIpc) is 1.63. The summed E-state index contributed by atoms with van der Waals surface area (Å²) in [5.41, 5.74) is 0. The molecule has 0 aromatic heterocycles. The molecule has 0 bridgehead atoms. The molecule has 0 aliphatic rings. The minimum Gasteiger partial charge on any atom is -0.450 e. The van der Waals surface area contributed by atoms with Crippen molar-refractivity contribution in [1.82, 2.24) is 0 Å². The molecule has 0 saturated carbocycles. The zero-order valence-electron chi connectivity index (χ0n) is 5.67. The van der Waals surface area contributed by atoms with Crippen molar-refractivity contribution in [3.05, 3.63) is 0 Å². The van der Waals surface area contributed by atoms with Crippen molar-refractivity contribution in [2.75, 3.05) is 7.11 Å². The van der Waals surface area contributed by atoms with Gasteiger partial charge in [-0.1, -0.05) is 0 Å². The normalized spacial score (nSPS) is 11.0. The van der Waals surface area contributed by atoms with Crippen LogP contribution in [0.4, 0.5) is 4.79 Å². The van der Waals surface area contributed by atoms with Gasteiger partial charge in [-0.3, -0.25) is 0 Å². The molecule has 0 fully saturated rings. The summed E-state index contributed by atoms with van der Waals surface area (Å²) in [6, 6.07) is 0. The second-order valence-corrected chi connectivity index (χ2v) is 1.97. The van der Waals surface area contributed by atoms with E-state index in [0.717, 1.165) is 0 Å². The highest BCUT2D eigenvalue weighted by Gasteiger charge is 2.20. The molecular weight excluding hydrogens is 124 g/mol. The van der Waals surface area contributed by atoms with Gasteiger partial charge in [0.2, 0.25) is 5.79 Å². The van der Waals surface area contributed by atoms with Gasteiger partial charge < -0.3 is 14.6 Å². The van der Waals surface area contributed by atoms with Gasteiger partial charge in [0, 0.05) is 21.0 Å². The lowest BCUT2D eigenvalue weighted by Gasteiger charge is -2.20. The van der Waals surface area contributed by atoms with E-state index in [9.17, 15) is 4.79 Å². The van der Waals surface area contributed by atoms with Crippen molar-refractivity contribution < 1.29 is 19.4 Å². The van der Waals surface area contributed by atoms with Crippen molar-refractivity contribution in [2.45, 2.75) is 19.6 Å². The van der Waals surface area contributed by atoms with Crippen LogP contribution in [0.5, 0.6) is 0 Å². The van der Waals surface area contributed by atoms with Crippen molar-refractivity contribution >= 4 is 6.16 Å². The first kappa shape index (κ1) is 8.23. The second-order valence-electron chi connectivity index (χ2n) is 1.97. The van der Waals surface area contributed by atoms with Gasteiger partial charge in [0.1, 0.15) is 0 Å². The SMILES string of the molecule is COC(C)(C)OC(=O)O. The fourth-order valence-electron chi connectivity index (χ4n) is 0.252. The Hall–Kier alpha value is -0.770. The standard InChI is InChI=1S/C5H10O4/c1-5(2,8-3)9-4(6)7/h1-3H3,(H,6,7). The first-order valence-electron chi connectivity index (χ1n) is 2.45. The predicted octanol–water partition coefficient (Wildman–Crippen LogP) is 1.06. The van der Waals surface area contributed by atoms with Gasteiger partial charge in [-0.25, -0.2) is 4.79 Å². The number of hydrogen-bond donors (Lipinski definition) is 1. The van der Waals surface area contributed by atoms with E-state index < -0.39 is 11.9 Å². The molecule has 0 atom stereocenters. The van der Waals surface area contributed by atoms with Gasteiger partial charge in [0.25, 0.3) is 0 Å². The Labute approximate surface area is 53.4 Å². The Morgan fingerprint density at radius 1 is 1.56 bits per heavy atom. The van der Waals surface area contributed by atoms with Gasteiger partial charge in [0.15, 0.2) is 0 Å². The maximum absolute atomic E-state index is 9.87. The molecule has 0 aromatic carbocycles. The van der Waals surface area contributed by atoms with Crippen LogP contribution < -0.4 is 0 Å². The van der Waals surface area contributed by atoms with Gasteiger partial charge >= 0.3 is 6.16 Å². The van der Waals surface area contributed by atoms with Gasteiger partial charge in [0.05, 0.1) is 0 Å². The fraction of sp³-hybridized carbons (Fsp3) is 0.800. The third-order valence-electron chi connectivity index (χ3n) is 0.825. The average molecular weight is 134 g/mol. The van der Waals surface area contributed by atoms with Crippen LogP contribution >= 0.6 is 0 Å². The molecule has 0 aliphatic heterocycles. The molecule has 0 unspecified atom stereocenters. The summed E-state index contributed by atoms with van der Waals surface area (Å²) in [6.45, 7) is 3.03. The predicted molar refractivity (Wildman–Crippen MR) is 30.2 cm³/mol. The molecule has 4 heteroatoms. The van der Waals surface area contributed by atoms with E-state index >= 15 is 0 Å². The lowest BCUT2D eigenvalue weighted by atomic mass is 10.4. The number of carboxylic acid groups (broad SMARTS) is 1. The lowest BCUT2D eigenvalue weighted by molar-refractivity contribution is -0.167. The van der Waals surface area contributed by atoms with E-state index in [1.54, 1.807) is 0 Å². The minimum absolute atomic E-state index is 1.04. The van der Waals surface area contributed by atoms with Crippen molar-refractivity contribution in [3.63, 3.8) is 0 Å². The summed E-state index contributed by atoms with van der Waals surface area (Å²) in [4.78, 5) is 9.87. The van der Waals surface area contributed by atoms with Crippen LogP contribution in [-0.2, 0) is 9.47 Å². The van der Waals surface area contributed by atoms with Crippen LogP contribution in [0.1, 0.15) is 13.8 Å². The van der Waals surface area contributed by atoms with E-state index in [2.05, 4.69) is 9.47 Å². The zero-order valence-corrected chi connectivity index (χ0v) is 5.67. The van der Waals surface area contributed by atoms with Crippen LogP contribution in [0, 0.1) is 0 Å². The largest absolute Gasteiger partial charge is 0.508 e. The molecule has 9 heavy (non-hydrogen) atoms. The Morgan fingerprint density at radius 2 is 2.00 bits per heavy atom. The number of ether oxygens (including phenoxy) is 2. The highest BCUT2D eigenvalue weighted by molar-refractivity contribution is 5.57. The van der Waals surface area contributed by atoms with E-state index in [0.29, 0.717) is 0 Å². The van der Waals surface area contributed by atoms with Gasteiger partial charge in [-0.15, -0.1) is 0 Å². The number of carbonyl (C=O) groups is 1. The Morgan fingerprint density at radius 3 is 2.11 bits per heavy atom. The Balaban J connectivity index is 3.71. The zero-order chi connectivity index (χ0) is 7.49. The van der Waals surface area contributed by atoms with Crippen LogP contribution in [0.3, 0.4) is 0 Å². The fourth-order valence-corrected chi connectivity index (χ4v) is 0.252. The van der Waals surface area contributed by atoms with Crippen LogP contribution in [0.15, 0.2) is 0 Å². The number of hydrogen-bond acceptors (Lipinski definition) is 3. The van der Waals surface area contributed by atoms with Crippen LogP contribution in [0.25, 0.3) is 0 Å². The Bertz CT molecular complexity index is 108. The van der Waals surface area contributed by atoms with Crippen molar-refractivity contribution in [3.8, 4) is 0 Å². The molecule has 0 aromatic rings. The van der Waals surface area contributed by atoms with Crippen LogP contribution in [0.2, 0.25) is 0 Å². The van der Waals surface area contributed by atoms with Gasteiger partial charge in [-0.2, -0.15) is 0 Å². The Kier molecular flexibility index (Phi) is 2.45. The number of methoxy groups -OCH3 is 1. The molecule has 54 valence electrons. The summed E-state index contributed by atoms with van der Waals surface area (Å²) in [6.07, 6.45) is -1.33. The minimum atomic E-state index is -1.33. The highest BCUT2D eigenvalue weighted by Crippen LogP contribution is 2.08. The molecule has 0 amide bonds. The lowest BCUT2D eigenvalue weighted by Crippen LogP contribution is -2.28. The number of rotatable bonds is 2. The summed E-state index contributed by atoms with van der Waals surface area (Å²) in [7, 11) is 1.38. The van der Waals surface area contributed by atoms with Crippen molar-refractivity contribution in [1.29, 1.82) is 0 Å². The van der Waals surface area contributed by atoms with E-state index in [4.69, 9.17) is 5.11 Å². The molecule has 0 saturated heterocycles. The quantitative estimate of drug-likeness (QED) is 0.453. The third kappa shape index (κ3) is 3.78. The maximum Gasteiger partial charge on any atom is 0.508 e. The third-order valence-corrected chi connectivity index (χ3v) is 0.825. The second kappa shape index (κ2) is 2.68. The highest BCUT2D eigenvalue weighted by atomic mass is 16.8. The topological polar surface area (TPSA) is 55.8 Å². The molecule has 0 spiro atoms. The van der Waals surface area contributed by atoms with E-state index in [1.807, 2.05) is 0 Å². The molecule has 0 heterocycles. The molecule has 0 radical (unpaired) electrons. The van der Waals surface area contributed by atoms with E-state index in [1.165, 1.54) is 21.0 Å². The summed E-state index contributed by atoms with van der Waals surface area (Å²) in [5, 5.41) is 8.08. The molecule has 4 nitrogen and oxygen atoms in total. The first-order chi connectivity index (χ1) is 3.98. The summed E-state index contributed by atoms with van der Waals surface area (Å²) < 4.78 is 8.93. The molecule has 0 aliphatic carbocycles. The molecular formula is C5H10O4. The van der Waals surface area contributed by atoms with Crippen molar-refractivity contribution in [2.24, 2.45) is 0 Å². The summed E-state index contributed by atoms with van der Waals surface area (Å²) >= 11 is 0. The first-order valence-corrected chi connectivity index (χ1v) is 2.45. The van der Waals surface area contributed by atoms with E-state index in [-0.39, 0.29) is 0 Å².